The van der Waals surface area contributed by atoms with Crippen molar-refractivity contribution in [2.24, 2.45) is 5.73 Å². The molecule has 2 N–H and O–H groups in total. The molecule has 0 saturated heterocycles. The summed E-state index contributed by atoms with van der Waals surface area (Å²) in [6.45, 7) is 3.35. The largest absolute Gasteiger partial charge is 0.493 e. The first-order valence-corrected chi connectivity index (χ1v) is 6.54. The summed E-state index contributed by atoms with van der Waals surface area (Å²) in [5, 5.41) is 0. The van der Waals surface area contributed by atoms with E-state index in [-0.39, 0.29) is 0 Å². The highest BCUT2D eigenvalue weighted by atomic mass is 32.2. The number of nitrogens with two attached hydrogens (primary N) is 1. The van der Waals surface area contributed by atoms with E-state index in [1.54, 1.807) is 7.11 Å². The van der Waals surface area contributed by atoms with Gasteiger partial charge in [0.2, 0.25) is 0 Å². The zero-order chi connectivity index (χ0) is 11.8. The van der Waals surface area contributed by atoms with Gasteiger partial charge in [0.05, 0.1) is 13.7 Å². The lowest BCUT2D eigenvalue weighted by atomic mass is 10.2. The summed E-state index contributed by atoms with van der Waals surface area (Å²) in [4.78, 5) is 0. The second-order valence-corrected chi connectivity index (χ2v) is 4.63. The molecule has 0 bridgehead atoms. The molecule has 1 aromatic carbocycles. The van der Waals surface area contributed by atoms with Crippen LogP contribution in [0.2, 0.25) is 0 Å². The van der Waals surface area contributed by atoms with Gasteiger partial charge >= 0.3 is 0 Å². The monoisotopic (exact) mass is 241 g/mol. The van der Waals surface area contributed by atoms with Crippen LogP contribution in [0.1, 0.15) is 12.5 Å². The molecule has 1 aromatic rings. The molecule has 16 heavy (non-hydrogen) atoms. The standard InChI is InChI=1S/C12H19NO2S/c1-3-16-7-6-15-12-8-10(9-13)4-5-11(12)14-2/h4-5,8H,3,6-7,9,13H2,1-2H3. The average Bonchev–Trinajstić information content (AvgIpc) is 2.34. The maximum Gasteiger partial charge on any atom is 0.161 e. The normalized spacial score (nSPS) is 10.2. The van der Waals surface area contributed by atoms with Crippen LogP contribution >= 0.6 is 11.8 Å². The van der Waals surface area contributed by atoms with Gasteiger partial charge in [-0.25, -0.2) is 0 Å². The van der Waals surface area contributed by atoms with Crippen LogP contribution in [0.5, 0.6) is 11.5 Å². The summed E-state index contributed by atoms with van der Waals surface area (Å²) >= 11 is 1.86. The first kappa shape index (κ1) is 13.2. The fourth-order valence-corrected chi connectivity index (χ4v) is 1.81. The van der Waals surface area contributed by atoms with E-state index in [0.717, 1.165) is 28.6 Å². The van der Waals surface area contributed by atoms with Gasteiger partial charge in [-0.15, -0.1) is 0 Å². The molecule has 0 unspecified atom stereocenters. The quantitative estimate of drug-likeness (QED) is 0.744. The van der Waals surface area contributed by atoms with E-state index in [0.29, 0.717) is 13.2 Å². The van der Waals surface area contributed by atoms with E-state index in [1.807, 2.05) is 30.0 Å². The Morgan fingerprint density at radius 1 is 1.31 bits per heavy atom. The van der Waals surface area contributed by atoms with Crippen molar-refractivity contribution < 1.29 is 9.47 Å². The van der Waals surface area contributed by atoms with E-state index in [2.05, 4.69) is 6.92 Å². The zero-order valence-corrected chi connectivity index (χ0v) is 10.7. The highest BCUT2D eigenvalue weighted by molar-refractivity contribution is 7.99. The highest BCUT2D eigenvalue weighted by Gasteiger charge is 2.04. The van der Waals surface area contributed by atoms with Crippen molar-refractivity contribution >= 4 is 11.8 Å². The molecule has 4 heteroatoms. The molecule has 0 amide bonds. The van der Waals surface area contributed by atoms with Crippen LogP contribution in [0.25, 0.3) is 0 Å². The fourth-order valence-electron chi connectivity index (χ4n) is 1.32. The maximum atomic E-state index is 5.67. The Kier molecular flexibility index (Phi) is 6.11. The van der Waals surface area contributed by atoms with Crippen LogP contribution in [0.3, 0.4) is 0 Å². The van der Waals surface area contributed by atoms with Crippen molar-refractivity contribution in [2.45, 2.75) is 13.5 Å². The molecular weight excluding hydrogens is 222 g/mol. The lowest BCUT2D eigenvalue weighted by Gasteiger charge is -2.11. The highest BCUT2D eigenvalue weighted by Crippen LogP contribution is 2.28. The summed E-state index contributed by atoms with van der Waals surface area (Å²) in [7, 11) is 1.64. The second-order valence-electron chi connectivity index (χ2n) is 3.23. The Labute approximate surface area is 101 Å². The summed E-state index contributed by atoms with van der Waals surface area (Å²) in [6, 6.07) is 5.78. The third kappa shape index (κ3) is 3.94. The molecule has 0 saturated carbocycles. The van der Waals surface area contributed by atoms with Crippen molar-refractivity contribution in [1.29, 1.82) is 0 Å². The third-order valence-electron chi connectivity index (χ3n) is 2.15. The van der Waals surface area contributed by atoms with Gasteiger partial charge in [-0.2, -0.15) is 11.8 Å². The molecule has 3 nitrogen and oxygen atoms in total. The van der Waals surface area contributed by atoms with Crippen LogP contribution < -0.4 is 15.2 Å². The molecule has 0 aliphatic carbocycles. The topological polar surface area (TPSA) is 44.5 Å². The summed E-state index contributed by atoms with van der Waals surface area (Å²) in [5.41, 5.74) is 6.64. The Bertz CT molecular complexity index is 318. The van der Waals surface area contributed by atoms with Gasteiger partial charge in [-0.3, -0.25) is 0 Å². The van der Waals surface area contributed by atoms with E-state index in [4.69, 9.17) is 15.2 Å². The molecule has 0 atom stereocenters. The minimum absolute atomic E-state index is 0.518. The molecule has 90 valence electrons. The number of benzene rings is 1. The summed E-state index contributed by atoms with van der Waals surface area (Å²) in [5.74, 6) is 3.65. The van der Waals surface area contributed by atoms with E-state index in [1.165, 1.54) is 0 Å². The van der Waals surface area contributed by atoms with Crippen molar-refractivity contribution in [3.8, 4) is 11.5 Å². The molecule has 0 aliphatic heterocycles. The van der Waals surface area contributed by atoms with Crippen LogP contribution in [0.15, 0.2) is 18.2 Å². The Balaban J connectivity index is 2.60. The maximum absolute atomic E-state index is 5.67. The van der Waals surface area contributed by atoms with E-state index >= 15 is 0 Å². The first-order chi connectivity index (χ1) is 7.81. The number of rotatable bonds is 7. The smallest absolute Gasteiger partial charge is 0.161 e. The number of ether oxygens (including phenoxy) is 2. The number of thioether (sulfide) groups is 1. The Morgan fingerprint density at radius 3 is 2.75 bits per heavy atom. The molecule has 1 rings (SSSR count). The van der Waals surface area contributed by atoms with Crippen LogP contribution in [-0.4, -0.2) is 25.2 Å². The SMILES string of the molecule is CCSCCOc1cc(CN)ccc1OC. The van der Waals surface area contributed by atoms with Crippen molar-refractivity contribution in [2.75, 3.05) is 25.2 Å². The van der Waals surface area contributed by atoms with Crippen molar-refractivity contribution in [3.05, 3.63) is 23.8 Å². The van der Waals surface area contributed by atoms with Crippen LogP contribution in [0, 0.1) is 0 Å². The molecule has 0 radical (unpaired) electrons. The Morgan fingerprint density at radius 2 is 2.12 bits per heavy atom. The van der Waals surface area contributed by atoms with Gasteiger partial charge in [-0.1, -0.05) is 13.0 Å². The summed E-state index contributed by atoms with van der Waals surface area (Å²) < 4.78 is 10.9. The molecule has 0 heterocycles. The lowest BCUT2D eigenvalue weighted by molar-refractivity contribution is 0.313. The number of hydrogen-bond acceptors (Lipinski definition) is 4. The lowest BCUT2D eigenvalue weighted by Crippen LogP contribution is -2.03. The van der Waals surface area contributed by atoms with Crippen LogP contribution in [-0.2, 0) is 6.54 Å². The first-order valence-electron chi connectivity index (χ1n) is 5.39. The van der Waals surface area contributed by atoms with Gasteiger partial charge in [0.15, 0.2) is 11.5 Å². The minimum Gasteiger partial charge on any atom is -0.493 e. The van der Waals surface area contributed by atoms with Crippen molar-refractivity contribution in [1.82, 2.24) is 0 Å². The molecule has 0 aliphatic rings. The van der Waals surface area contributed by atoms with Crippen molar-refractivity contribution in [3.63, 3.8) is 0 Å². The minimum atomic E-state index is 0.518. The van der Waals surface area contributed by atoms with Gasteiger partial charge in [0.1, 0.15) is 0 Å². The van der Waals surface area contributed by atoms with Crippen LogP contribution in [0.4, 0.5) is 0 Å². The predicted octanol–water partition coefficient (Wildman–Crippen LogP) is 2.29. The van der Waals surface area contributed by atoms with E-state index < -0.39 is 0 Å². The summed E-state index contributed by atoms with van der Waals surface area (Å²) in [6.07, 6.45) is 0. The second kappa shape index (κ2) is 7.41. The van der Waals surface area contributed by atoms with Gasteiger partial charge in [-0.05, 0) is 23.4 Å². The fraction of sp³-hybridized carbons (Fsp3) is 0.500. The number of hydrogen-bond donors (Lipinski definition) is 1. The predicted molar refractivity (Wildman–Crippen MR) is 69.4 cm³/mol. The molecule has 0 spiro atoms. The molecular formula is C12H19NO2S. The van der Waals surface area contributed by atoms with Gasteiger partial charge in [0, 0.05) is 12.3 Å². The van der Waals surface area contributed by atoms with Gasteiger partial charge < -0.3 is 15.2 Å². The number of methoxy groups -OCH3 is 1. The molecule has 0 fully saturated rings. The Hall–Kier alpha value is -0.870. The average molecular weight is 241 g/mol. The molecule has 0 aromatic heterocycles. The third-order valence-corrected chi connectivity index (χ3v) is 3.02. The van der Waals surface area contributed by atoms with E-state index in [9.17, 15) is 0 Å². The zero-order valence-electron chi connectivity index (χ0n) is 9.86. The van der Waals surface area contributed by atoms with Gasteiger partial charge in [0.25, 0.3) is 0 Å².